The van der Waals surface area contributed by atoms with Gasteiger partial charge in [0.15, 0.2) is 11.2 Å². The van der Waals surface area contributed by atoms with Crippen molar-refractivity contribution in [2.45, 2.75) is 20.8 Å². The van der Waals surface area contributed by atoms with E-state index in [9.17, 15) is 9.59 Å². The fourth-order valence-electron chi connectivity index (χ4n) is 2.57. The SMILES string of the molecule is Cc1ccc2oc(C(=O)Nc3c(C)cccc3C)cc(=O)c2c1. The minimum absolute atomic E-state index is 0.00834. The number of benzene rings is 2. The van der Waals surface area contributed by atoms with Crippen LogP contribution in [0.2, 0.25) is 0 Å². The van der Waals surface area contributed by atoms with Crippen LogP contribution in [0.4, 0.5) is 5.69 Å². The Morgan fingerprint density at radius 3 is 2.39 bits per heavy atom. The zero-order chi connectivity index (χ0) is 16.6. The van der Waals surface area contributed by atoms with Gasteiger partial charge < -0.3 is 9.73 Å². The van der Waals surface area contributed by atoms with Gasteiger partial charge in [-0.05, 0) is 44.0 Å². The Kier molecular flexibility index (Phi) is 3.74. The van der Waals surface area contributed by atoms with Gasteiger partial charge >= 0.3 is 0 Å². The van der Waals surface area contributed by atoms with E-state index in [2.05, 4.69) is 5.32 Å². The van der Waals surface area contributed by atoms with E-state index in [4.69, 9.17) is 4.42 Å². The second-order valence-corrected chi connectivity index (χ2v) is 5.70. The maximum absolute atomic E-state index is 12.4. The molecule has 4 heteroatoms. The molecule has 0 saturated carbocycles. The summed E-state index contributed by atoms with van der Waals surface area (Å²) in [6.07, 6.45) is 0. The van der Waals surface area contributed by atoms with Crippen LogP contribution in [0.1, 0.15) is 27.2 Å². The first-order valence-corrected chi connectivity index (χ1v) is 7.38. The summed E-state index contributed by atoms with van der Waals surface area (Å²) in [6, 6.07) is 12.3. The minimum Gasteiger partial charge on any atom is -0.451 e. The monoisotopic (exact) mass is 307 g/mol. The Morgan fingerprint density at radius 2 is 1.70 bits per heavy atom. The normalized spacial score (nSPS) is 10.7. The summed E-state index contributed by atoms with van der Waals surface area (Å²) < 4.78 is 5.60. The van der Waals surface area contributed by atoms with Crippen molar-refractivity contribution < 1.29 is 9.21 Å². The van der Waals surface area contributed by atoms with E-state index >= 15 is 0 Å². The molecule has 3 rings (SSSR count). The number of carbonyl (C=O) groups excluding carboxylic acids is 1. The molecule has 0 aliphatic carbocycles. The van der Waals surface area contributed by atoms with Gasteiger partial charge in [0.2, 0.25) is 0 Å². The van der Waals surface area contributed by atoms with Gasteiger partial charge in [-0.15, -0.1) is 0 Å². The molecule has 3 aromatic rings. The number of anilines is 1. The molecule has 0 saturated heterocycles. The molecule has 1 aromatic heterocycles. The summed E-state index contributed by atoms with van der Waals surface area (Å²) in [7, 11) is 0. The van der Waals surface area contributed by atoms with Gasteiger partial charge in [0.05, 0.1) is 5.39 Å². The molecule has 0 aliphatic heterocycles. The van der Waals surface area contributed by atoms with Gasteiger partial charge in [-0.2, -0.15) is 0 Å². The molecule has 1 N–H and O–H groups in total. The maximum Gasteiger partial charge on any atom is 0.291 e. The average Bonchev–Trinajstić information content (AvgIpc) is 2.51. The summed E-state index contributed by atoms with van der Waals surface area (Å²) in [6.45, 7) is 5.74. The molecule has 0 fully saturated rings. The standard InChI is InChI=1S/C19H17NO3/c1-11-7-8-16-14(9-11)15(21)10-17(23-16)19(22)20-18-12(2)5-4-6-13(18)3/h4-10H,1-3H3,(H,20,22). The zero-order valence-electron chi connectivity index (χ0n) is 13.3. The maximum atomic E-state index is 12.4. The minimum atomic E-state index is -0.429. The van der Waals surface area contributed by atoms with Crippen molar-refractivity contribution in [1.29, 1.82) is 0 Å². The smallest absolute Gasteiger partial charge is 0.291 e. The quantitative estimate of drug-likeness (QED) is 0.779. The third-order valence-corrected chi connectivity index (χ3v) is 3.83. The van der Waals surface area contributed by atoms with Gasteiger partial charge in [0.1, 0.15) is 5.58 Å². The van der Waals surface area contributed by atoms with Crippen LogP contribution in [-0.4, -0.2) is 5.91 Å². The molecule has 116 valence electrons. The number of rotatable bonds is 2. The Bertz CT molecular complexity index is 950. The Labute approximate surface area is 133 Å². The largest absolute Gasteiger partial charge is 0.451 e. The Hall–Kier alpha value is -2.88. The highest BCUT2D eigenvalue weighted by Gasteiger charge is 2.14. The van der Waals surface area contributed by atoms with Crippen molar-refractivity contribution in [3.05, 3.63) is 75.1 Å². The lowest BCUT2D eigenvalue weighted by atomic mass is 10.1. The topological polar surface area (TPSA) is 59.3 Å². The van der Waals surface area contributed by atoms with E-state index in [0.29, 0.717) is 11.0 Å². The third-order valence-electron chi connectivity index (χ3n) is 3.83. The van der Waals surface area contributed by atoms with Crippen LogP contribution in [0.15, 0.2) is 51.7 Å². The number of carbonyl (C=O) groups is 1. The molecule has 2 aromatic carbocycles. The number of hydrogen-bond acceptors (Lipinski definition) is 3. The highest BCUT2D eigenvalue weighted by Crippen LogP contribution is 2.21. The number of amides is 1. The highest BCUT2D eigenvalue weighted by atomic mass is 16.3. The van der Waals surface area contributed by atoms with E-state index in [1.165, 1.54) is 6.07 Å². The van der Waals surface area contributed by atoms with Gasteiger partial charge in [0, 0.05) is 11.8 Å². The first-order chi connectivity index (χ1) is 11.0. The van der Waals surface area contributed by atoms with E-state index in [1.807, 2.05) is 45.0 Å². The van der Waals surface area contributed by atoms with Crippen molar-refractivity contribution in [3.63, 3.8) is 0 Å². The van der Waals surface area contributed by atoms with Crippen LogP contribution < -0.4 is 10.7 Å². The Balaban J connectivity index is 2.02. The Morgan fingerprint density at radius 1 is 1.00 bits per heavy atom. The number of fused-ring (bicyclic) bond motifs is 1. The predicted molar refractivity (Wildman–Crippen MR) is 91.1 cm³/mol. The molecule has 0 aliphatic rings. The van der Waals surface area contributed by atoms with Crippen LogP contribution in [0, 0.1) is 20.8 Å². The van der Waals surface area contributed by atoms with Crippen molar-refractivity contribution in [2.75, 3.05) is 5.32 Å². The molecule has 0 atom stereocenters. The number of nitrogens with one attached hydrogen (secondary N) is 1. The van der Waals surface area contributed by atoms with Crippen LogP contribution in [0.5, 0.6) is 0 Å². The van der Waals surface area contributed by atoms with Crippen molar-refractivity contribution in [1.82, 2.24) is 0 Å². The summed E-state index contributed by atoms with van der Waals surface area (Å²) in [5.41, 5.74) is 3.81. The fraction of sp³-hybridized carbons (Fsp3) is 0.158. The highest BCUT2D eigenvalue weighted by molar-refractivity contribution is 6.03. The molecule has 4 nitrogen and oxygen atoms in total. The second kappa shape index (κ2) is 5.72. The molecule has 0 radical (unpaired) electrons. The lowest BCUT2D eigenvalue weighted by Crippen LogP contribution is -2.16. The lowest BCUT2D eigenvalue weighted by Gasteiger charge is -2.11. The van der Waals surface area contributed by atoms with Gasteiger partial charge in [0.25, 0.3) is 5.91 Å². The zero-order valence-corrected chi connectivity index (χ0v) is 13.3. The first-order valence-electron chi connectivity index (χ1n) is 7.38. The molecule has 1 amide bonds. The molecular weight excluding hydrogens is 290 g/mol. The second-order valence-electron chi connectivity index (χ2n) is 5.70. The van der Waals surface area contributed by atoms with Gasteiger partial charge in [-0.1, -0.05) is 29.8 Å². The van der Waals surface area contributed by atoms with Crippen LogP contribution >= 0.6 is 0 Å². The van der Waals surface area contributed by atoms with Crippen LogP contribution in [0.25, 0.3) is 11.0 Å². The average molecular weight is 307 g/mol. The fourth-order valence-corrected chi connectivity index (χ4v) is 2.57. The van der Waals surface area contributed by atoms with E-state index in [-0.39, 0.29) is 11.2 Å². The lowest BCUT2D eigenvalue weighted by molar-refractivity contribution is 0.0997. The van der Waals surface area contributed by atoms with Crippen LogP contribution in [-0.2, 0) is 0 Å². The summed E-state index contributed by atoms with van der Waals surface area (Å²) in [5, 5.41) is 3.31. The van der Waals surface area contributed by atoms with Gasteiger partial charge in [-0.3, -0.25) is 9.59 Å². The number of hydrogen-bond donors (Lipinski definition) is 1. The molecule has 0 unspecified atom stereocenters. The molecule has 0 bridgehead atoms. The van der Waals surface area contributed by atoms with E-state index in [0.717, 1.165) is 22.4 Å². The molecule has 0 spiro atoms. The summed E-state index contributed by atoms with van der Waals surface area (Å²) in [5.74, 6) is -0.420. The molecule has 23 heavy (non-hydrogen) atoms. The van der Waals surface area contributed by atoms with Crippen LogP contribution in [0.3, 0.4) is 0 Å². The van der Waals surface area contributed by atoms with Crippen molar-refractivity contribution in [3.8, 4) is 0 Å². The number of aryl methyl sites for hydroxylation is 3. The van der Waals surface area contributed by atoms with Crippen molar-refractivity contribution >= 4 is 22.6 Å². The third kappa shape index (κ3) is 2.88. The van der Waals surface area contributed by atoms with Gasteiger partial charge in [-0.25, -0.2) is 0 Å². The first kappa shape index (κ1) is 15.0. The van der Waals surface area contributed by atoms with Crippen molar-refractivity contribution in [2.24, 2.45) is 0 Å². The summed E-state index contributed by atoms with van der Waals surface area (Å²) in [4.78, 5) is 24.6. The van der Waals surface area contributed by atoms with E-state index in [1.54, 1.807) is 12.1 Å². The molecule has 1 heterocycles. The summed E-state index contributed by atoms with van der Waals surface area (Å²) >= 11 is 0. The predicted octanol–water partition coefficient (Wildman–Crippen LogP) is 3.97. The van der Waals surface area contributed by atoms with E-state index < -0.39 is 5.91 Å². The molecular formula is C19H17NO3. The number of para-hydroxylation sites is 1.